The van der Waals surface area contributed by atoms with Crippen molar-refractivity contribution in [2.75, 3.05) is 26.9 Å². The highest BCUT2D eigenvalue weighted by Crippen LogP contribution is 2.31. The fraction of sp³-hybridized carbons (Fsp3) is 0.450. The van der Waals surface area contributed by atoms with Gasteiger partial charge in [-0.3, -0.25) is 14.2 Å². The van der Waals surface area contributed by atoms with Crippen molar-refractivity contribution in [3.63, 3.8) is 0 Å². The molecule has 47 heavy (non-hydrogen) atoms. The Morgan fingerprint density at radius 1 is 0.809 bits per heavy atom. The number of benzene rings is 2. The highest BCUT2D eigenvalue weighted by Gasteiger charge is 2.22. The molecular formula is C40H52ClNO5. The fourth-order valence-electron chi connectivity index (χ4n) is 5.40. The number of aromatic nitrogens is 1. The van der Waals surface area contributed by atoms with Crippen LogP contribution in [0.5, 0.6) is 5.75 Å². The molecule has 3 rings (SSSR count). The number of ether oxygens (including phenoxy) is 3. The maximum absolute atomic E-state index is 13.5. The Bertz CT molecular complexity index is 1490. The van der Waals surface area contributed by atoms with Crippen LogP contribution in [0.1, 0.15) is 99.2 Å². The van der Waals surface area contributed by atoms with Crippen LogP contribution in [0.15, 0.2) is 78.9 Å². The molecule has 6 nitrogen and oxygen atoms in total. The lowest BCUT2D eigenvalue weighted by molar-refractivity contribution is -0.143. The lowest BCUT2D eigenvalue weighted by Crippen LogP contribution is -2.15. The molecule has 0 aliphatic carbocycles. The molecule has 0 spiro atoms. The van der Waals surface area contributed by atoms with Crippen LogP contribution in [0, 0.1) is 6.92 Å². The van der Waals surface area contributed by atoms with Crippen LogP contribution in [0.4, 0.5) is 0 Å². The van der Waals surface area contributed by atoms with Crippen molar-refractivity contribution in [2.24, 2.45) is 0 Å². The molecule has 0 aliphatic heterocycles. The van der Waals surface area contributed by atoms with Crippen molar-refractivity contribution in [1.29, 1.82) is 0 Å². The fourth-order valence-corrected chi connectivity index (χ4v) is 5.59. The predicted molar refractivity (Wildman–Crippen MR) is 194 cm³/mol. The van der Waals surface area contributed by atoms with Crippen molar-refractivity contribution in [3.8, 4) is 5.75 Å². The van der Waals surface area contributed by atoms with E-state index in [-0.39, 0.29) is 24.9 Å². The molecule has 0 atom stereocenters. The molecule has 1 aromatic heterocycles. The number of carbonyl (C=O) groups is 2. The minimum Gasteiger partial charge on any atom is -0.497 e. The molecule has 0 saturated carbocycles. The number of allylic oxidation sites excluding steroid dienone is 6. The zero-order chi connectivity index (χ0) is 33.7. The van der Waals surface area contributed by atoms with E-state index in [4.69, 9.17) is 25.8 Å². The Kier molecular flexibility index (Phi) is 17.8. The lowest BCUT2D eigenvalue weighted by atomic mass is 10.1. The molecule has 254 valence electrons. The Balaban J connectivity index is 1.32. The first-order valence-electron chi connectivity index (χ1n) is 17.1. The second kappa shape index (κ2) is 22.0. The molecule has 0 amide bonds. The predicted octanol–water partition coefficient (Wildman–Crippen LogP) is 10.4. The molecule has 0 radical (unpaired) electrons. The van der Waals surface area contributed by atoms with Gasteiger partial charge in [0.25, 0.3) is 5.91 Å². The number of fused-ring (bicyclic) bond motifs is 1. The van der Waals surface area contributed by atoms with E-state index in [0.717, 1.165) is 49.5 Å². The summed E-state index contributed by atoms with van der Waals surface area (Å²) in [7, 11) is 1.59. The average molecular weight is 662 g/mol. The second-order valence-corrected chi connectivity index (χ2v) is 12.1. The third-order valence-corrected chi connectivity index (χ3v) is 8.25. The van der Waals surface area contributed by atoms with Gasteiger partial charge >= 0.3 is 5.97 Å². The van der Waals surface area contributed by atoms with Crippen LogP contribution < -0.4 is 4.74 Å². The first-order valence-corrected chi connectivity index (χ1v) is 17.5. The van der Waals surface area contributed by atoms with Crippen molar-refractivity contribution in [1.82, 2.24) is 4.57 Å². The number of carbonyl (C=O) groups excluding carboxylic acids is 2. The maximum Gasteiger partial charge on any atom is 0.310 e. The van der Waals surface area contributed by atoms with E-state index in [1.165, 1.54) is 25.7 Å². The van der Waals surface area contributed by atoms with Gasteiger partial charge in [0.2, 0.25) is 0 Å². The summed E-state index contributed by atoms with van der Waals surface area (Å²) >= 11 is 6.15. The SMILES string of the molecule is CCCCCC=CCC=CCC=CCCCCCOCCCOC(=O)Cc1c(C)n(C(=O)c2cccc(Cl)c2)c2ccc(OC)cc12. The molecule has 1 heterocycles. The summed E-state index contributed by atoms with van der Waals surface area (Å²) in [5.74, 6) is 0.0875. The number of hydrogen-bond acceptors (Lipinski definition) is 5. The molecule has 0 N–H and O–H groups in total. The smallest absolute Gasteiger partial charge is 0.310 e. The number of nitrogens with zero attached hydrogens (tertiary/aromatic N) is 1. The van der Waals surface area contributed by atoms with Gasteiger partial charge in [0.05, 0.1) is 25.7 Å². The van der Waals surface area contributed by atoms with Crippen LogP contribution in [-0.2, 0) is 20.7 Å². The molecule has 7 heteroatoms. The number of hydrogen-bond donors (Lipinski definition) is 0. The molecule has 0 bridgehead atoms. The molecule has 3 aromatic rings. The number of esters is 1. The first kappa shape index (κ1) is 37.8. The Labute approximate surface area is 286 Å². The molecule has 0 aliphatic rings. The molecule has 0 unspecified atom stereocenters. The lowest BCUT2D eigenvalue weighted by Gasteiger charge is -2.09. The average Bonchev–Trinajstić information content (AvgIpc) is 3.34. The standard InChI is InChI=1S/C40H52ClNO5/c1-4-5-6-7-8-9-10-11-12-13-14-15-16-17-18-19-26-46-27-21-28-47-39(43)31-36-32(2)42(38-25-24-35(45-3)30-37(36)38)40(44)33-22-20-23-34(41)29-33/h8-9,11-12,14-15,20,22-25,29-30H,4-7,10,13,16-19,21,26-28,31H2,1-3H3. The van der Waals surface area contributed by atoms with Gasteiger partial charge in [-0.15, -0.1) is 0 Å². The van der Waals surface area contributed by atoms with Gasteiger partial charge in [0.15, 0.2) is 0 Å². The van der Waals surface area contributed by atoms with Crippen molar-refractivity contribution in [2.45, 2.75) is 90.9 Å². The molecular weight excluding hydrogens is 610 g/mol. The highest BCUT2D eigenvalue weighted by molar-refractivity contribution is 6.31. The summed E-state index contributed by atoms with van der Waals surface area (Å²) in [6, 6.07) is 12.3. The van der Waals surface area contributed by atoms with E-state index in [0.29, 0.717) is 47.2 Å². The Morgan fingerprint density at radius 3 is 2.21 bits per heavy atom. The topological polar surface area (TPSA) is 66.8 Å². The van der Waals surface area contributed by atoms with Gasteiger partial charge < -0.3 is 14.2 Å². The number of methoxy groups -OCH3 is 1. The normalized spacial score (nSPS) is 11.8. The maximum atomic E-state index is 13.5. The summed E-state index contributed by atoms with van der Waals surface area (Å²) in [6.07, 6.45) is 25.8. The Hall–Kier alpha value is -3.61. The van der Waals surface area contributed by atoms with E-state index < -0.39 is 0 Å². The number of rotatable bonds is 22. The van der Waals surface area contributed by atoms with Crippen LogP contribution in [0.2, 0.25) is 5.02 Å². The summed E-state index contributed by atoms with van der Waals surface area (Å²) in [5.41, 5.74) is 2.59. The van der Waals surface area contributed by atoms with E-state index in [2.05, 4.69) is 43.4 Å². The largest absolute Gasteiger partial charge is 0.497 e. The summed E-state index contributed by atoms with van der Waals surface area (Å²) < 4.78 is 18.3. The monoisotopic (exact) mass is 661 g/mol. The van der Waals surface area contributed by atoms with E-state index >= 15 is 0 Å². The summed E-state index contributed by atoms with van der Waals surface area (Å²) in [6.45, 7) is 5.64. The minimum absolute atomic E-state index is 0.0491. The van der Waals surface area contributed by atoms with Crippen molar-refractivity contribution >= 4 is 34.4 Å². The number of halogens is 1. The van der Waals surface area contributed by atoms with Crippen LogP contribution >= 0.6 is 11.6 Å². The van der Waals surface area contributed by atoms with Gasteiger partial charge in [-0.05, 0) is 93.8 Å². The van der Waals surface area contributed by atoms with Gasteiger partial charge in [-0.2, -0.15) is 0 Å². The molecule has 2 aromatic carbocycles. The second-order valence-electron chi connectivity index (χ2n) is 11.7. The third kappa shape index (κ3) is 13.2. The molecule has 0 saturated heterocycles. The van der Waals surface area contributed by atoms with Crippen molar-refractivity contribution < 1.29 is 23.8 Å². The zero-order valence-electron chi connectivity index (χ0n) is 28.5. The molecule has 0 fully saturated rings. The minimum atomic E-state index is -0.344. The third-order valence-electron chi connectivity index (χ3n) is 8.01. The van der Waals surface area contributed by atoms with E-state index in [1.54, 1.807) is 42.0 Å². The van der Waals surface area contributed by atoms with E-state index in [9.17, 15) is 9.59 Å². The summed E-state index contributed by atoms with van der Waals surface area (Å²) in [4.78, 5) is 26.3. The van der Waals surface area contributed by atoms with E-state index in [1.807, 2.05) is 19.1 Å². The van der Waals surface area contributed by atoms with Crippen molar-refractivity contribution in [3.05, 3.63) is 101 Å². The highest BCUT2D eigenvalue weighted by atomic mass is 35.5. The first-order chi connectivity index (χ1) is 23.0. The van der Waals surface area contributed by atoms with Gasteiger partial charge in [-0.25, -0.2) is 0 Å². The van der Waals surface area contributed by atoms with Crippen LogP contribution in [-0.4, -0.2) is 43.4 Å². The summed E-state index contributed by atoms with van der Waals surface area (Å²) in [5, 5.41) is 1.26. The Morgan fingerprint density at radius 2 is 1.51 bits per heavy atom. The van der Waals surface area contributed by atoms with Gasteiger partial charge in [0, 0.05) is 41.3 Å². The zero-order valence-corrected chi connectivity index (χ0v) is 29.2. The van der Waals surface area contributed by atoms with Crippen LogP contribution in [0.25, 0.3) is 10.9 Å². The van der Waals surface area contributed by atoms with Crippen LogP contribution in [0.3, 0.4) is 0 Å². The van der Waals surface area contributed by atoms with Gasteiger partial charge in [-0.1, -0.05) is 80.3 Å². The van der Waals surface area contributed by atoms with Gasteiger partial charge in [0.1, 0.15) is 5.75 Å². The number of unbranched alkanes of at least 4 members (excludes halogenated alkanes) is 6. The quantitative estimate of drug-likeness (QED) is 0.0609.